The van der Waals surface area contributed by atoms with Crippen LogP contribution in [0.5, 0.6) is 17.2 Å². The van der Waals surface area contributed by atoms with E-state index >= 15 is 0 Å². The maximum atomic E-state index is 6.19. The number of benzene rings is 2. The predicted octanol–water partition coefficient (Wildman–Crippen LogP) is 6.48. The zero-order valence-electron chi connectivity index (χ0n) is 18.4. The van der Waals surface area contributed by atoms with E-state index in [9.17, 15) is 0 Å². The van der Waals surface area contributed by atoms with Crippen molar-refractivity contribution in [1.82, 2.24) is 9.88 Å². The molecule has 32 heavy (non-hydrogen) atoms. The third-order valence-electron chi connectivity index (χ3n) is 6.69. The third-order valence-corrected chi connectivity index (χ3v) is 6.69. The number of fused-ring (bicyclic) bond motifs is 2. The van der Waals surface area contributed by atoms with Gasteiger partial charge in [-0.1, -0.05) is 6.42 Å². The Kier molecular flexibility index (Phi) is 4.99. The number of ether oxygens (including phenoxy) is 2. The second kappa shape index (κ2) is 8.14. The fourth-order valence-corrected chi connectivity index (χ4v) is 4.67. The summed E-state index contributed by atoms with van der Waals surface area (Å²) in [6.45, 7) is 3.68. The van der Waals surface area contributed by atoms with Crippen LogP contribution in [0.15, 0.2) is 59.1 Å². The molecule has 0 atom stereocenters. The van der Waals surface area contributed by atoms with Crippen LogP contribution >= 0.6 is 0 Å². The summed E-state index contributed by atoms with van der Waals surface area (Å²) >= 11 is 0. The van der Waals surface area contributed by atoms with Gasteiger partial charge in [0.05, 0.1) is 5.52 Å². The fourth-order valence-electron chi connectivity index (χ4n) is 4.67. The first kappa shape index (κ1) is 19.6. The van der Waals surface area contributed by atoms with Gasteiger partial charge in [0, 0.05) is 47.7 Å². The molecule has 2 aliphatic carbocycles. The van der Waals surface area contributed by atoms with Crippen molar-refractivity contribution in [1.29, 1.82) is 0 Å². The maximum Gasteiger partial charge on any atom is 0.138 e. The van der Waals surface area contributed by atoms with Crippen molar-refractivity contribution in [2.24, 2.45) is 0 Å². The van der Waals surface area contributed by atoms with Crippen molar-refractivity contribution >= 4 is 21.9 Å². The van der Waals surface area contributed by atoms with E-state index in [1.807, 2.05) is 55.5 Å². The van der Waals surface area contributed by atoms with Crippen molar-refractivity contribution in [3.63, 3.8) is 0 Å². The minimum Gasteiger partial charge on any atom is -0.492 e. The molecule has 0 amide bonds. The standard InChI is InChI=1S/C27H28N2O3/c1-18-15-19-5-8-23(17-27(19)31-18)32-26-11-12-28-25-16-22(9-10-24(25)26)30-14-13-29(21-6-7-21)20-3-2-4-20/h5,8-12,15-17,20-21H,2-4,6-7,13-14H2,1H3. The molecule has 2 aromatic carbocycles. The van der Waals surface area contributed by atoms with Crippen LogP contribution in [0.2, 0.25) is 0 Å². The Morgan fingerprint density at radius 1 is 0.969 bits per heavy atom. The number of rotatable bonds is 8. The van der Waals surface area contributed by atoms with E-state index in [0.29, 0.717) is 0 Å². The molecule has 164 valence electrons. The highest BCUT2D eigenvalue weighted by atomic mass is 16.5. The van der Waals surface area contributed by atoms with Gasteiger partial charge in [-0.3, -0.25) is 9.88 Å². The smallest absolute Gasteiger partial charge is 0.138 e. The molecule has 0 saturated heterocycles. The van der Waals surface area contributed by atoms with E-state index in [4.69, 9.17) is 13.9 Å². The van der Waals surface area contributed by atoms with Crippen LogP contribution < -0.4 is 9.47 Å². The fraction of sp³-hybridized carbons (Fsp3) is 0.370. The largest absolute Gasteiger partial charge is 0.492 e. The van der Waals surface area contributed by atoms with Gasteiger partial charge in [-0.2, -0.15) is 0 Å². The summed E-state index contributed by atoms with van der Waals surface area (Å²) in [6, 6.07) is 17.5. The maximum absolute atomic E-state index is 6.19. The molecule has 2 saturated carbocycles. The molecule has 0 radical (unpaired) electrons. The second-order valence-corrected chi connectivity index (χ2v) is 9.05. The van der Waals surface area contributed by atoms with Crippen molar-refractivity contribution in [2.45, 2.75) is 51.1 Å². The van der Waals surface area contributed by atoms with Gasteiger partial charge in [0.2, 0.25) is 0 Å². The Morgan fingerprint density at radius 3 is 2.62 bits per heavy atom. The number of hydrogen-bond donors (Lipinski definition) is 0. The summed E-state index contributed by atoms with van der Waals surface area (Å²) in [4.78, 5) is 7.21. The van der Waals surface area contributed by atoms with Crippen LogP contribution in [-0.4, -0.2) is 35.1 Å². The van der Waals surface area contributed by atoms with Crippen LogP contribution in [-0.2, 0) is 0 Å². The number of nitrogens with zero attached hydrogens (tertiary/aromatic N) is 2. The molecule has 0 unspecified atom stereocenters. The summed E-state index contributed by atoms with van der Waals surface area (Å²) in [6.07, 6.45) is 8.57. The van der Waals surface area contributed by atoms with Gasteiger partial charge in [0.25, 0.3) is 0 Å². The van der Waals surface area contributed by atoms with Gasteiger partial charge in [0.15, 0.2) is 0 Å². The third kappa shape index (κ3) is 3.93. The molecule has 0 bridgehead atoms. The lowest BCUT2D eigenvalue weighted by atomic mass is 9.91. The van der Waals surface area contributed by atoms with Gasteiger partial charge in [-0.05, 0) is 69.0 Å². The first-order valence-corrected chi connectivity index (χ1v) is 11.7. The average molecular weight is 429 g/mol. The molecule has 6 rings (SSSR count). The molecule has 0 N–H and O–H groups in total. The lowest BCUT2D eigenvalue weighted by molar-refractivity contribution is 0.0990. The highest BCUT2D eigenvalue weighted by Gasteiger charge is 2.36. The Balaban J connectivity index is 1.16. The second-order valence-electron chi connectivity index (χ2n) is 9.05. The molecule has 2 fully saturated rings. The predicted molar refractivity (Wildman–Crippen MR) is 126 cm³/mol. The SMILES string of the molecule is Cc1cc2ccc(Oc3ccnc4cc(OCCN(C5CCC5)C5CC5)ccc34)cc2o1. The van der Waals surface area contributed by atoms with E-state index in [2.05, 4.69) is 9.88 Å². The number of pyridine rings is 1. The van der Waals surface area contributed by atoms with Crippen LogP contribution in [0.25, 0.3) is 21.9 Å². The van der Waals surface area contributed by atoms with E-state index in [0.717, 1.165) is 70.1 Å². The van der Waals surface area contributed by atoms with Crippen molar-refractivity contribution < 1.29 is 13.9 Å². The molecule has 2 aliphatic rings. The van der Waals surface area contributed by atoms with Gasteiger partial charge in [-0.15, -0.1) is 0 Å². The lowest BCUT2D eigenvalue weighted by Crippen LogP contribution is -2.43. The quantitative estimate of drug-likeness (QED) is 0.321. The molecule has 2 aromatic heterocycles. The van der Waals surface area contributed by atoms with E-state index < -0.39 is 0 Å². The monoisotopic (exact) mass is 428 g/mol. The van der Waals surface area contributed by atoms with E-state index in [-0.39, 0.29) is 0 Å². The van der Waals surface area contributed by atoms with Gasteiger partial charge < -0.3 is 13.9 Å². The van der Waals surface area contributed by atoms with Gasteiger partial charge >= 0.3 is 0 Å². The molecule has 4 aromatic rings. The Labute approximate surface area is 187 Å². The minimum absolute atomic E-state index is 0.720. The topological polar surface area (TPSA) is 47.7 Å². The Hall–Kier alpha value is -3.05. The summed E-state index contributed by atoms with van der Waals surface area (Å²) in [5.74, 6) is 3.27. The summed E-state index contributed by atoms with van der Waals surface area (Å²) in [5, 5.41) is 2.04. The zero-order chi connectivity index (χ0) is 21.5. The highest BCUT2D eigenvalue weighted by molar-refractivity contribution is 5.86. The van der Waals surface area contributed by atoms with Crippen molar-refractivity contribution in [2.75, 3.05) is 13.2 Å². The molecule has 0 spiro atoms. The zero-order valence-corrected chi connectivity index (χ0v) is 18.4. The number of aryl methyl sites for hydroxylation is 1. The van der Waals surface area contributed by atoms with Crippen LogP contribution in [0, 0.1) is 6.92 Å². The molecule has 5 nitrogen and oxygen atoms in total. The number of aromatic nitrogens is 1. The summed E-state index contributed by atoms with van der Waals surface area (Å²) in [5.41, 5.74) is 1.70. The molecule has 2 heterocycles. The Morgan fingerprint density at radius 2 is 1.81 bits per heavy atom. The van der Waals surface area contributed by atoms with Crippen LogP contribution in [0.3, 0.4) is 0 Å². The van der Waals surface area contributed by atoms with Crippen LogP contribution in [0.4, 0.5) is 0 Å². The Bertz CT molecular complexity index is 1260. The average Bonchev–Trinajstić information content (AvgIpc) is 3.52. The lowest BCUT2D eigenvalue weighted by Gasteiger charge is -2.37. The van der Waals surface area contributed by atoms with E-state index in [1.165, 1.54) is 32.1 Å². The molecular weight excluding hydrogens is 400 g/mol. The van der Waals surface area contributed by atoms with Crippen LogP contribution in [0.1, 0.15) is 37.9 Å². The molecule has 5 heteroatoms. The summed E-state index contributed by atoms with van der Waals surface area (Å²) < 4.78 is 18.0. The molecular formula is C27H28N2O3. The minimum atomic E-state index is 0.720. The highest BCUT2D eigenvalue weighted by Crippen LogP contribution is 2.36. The van der Waals surface area contributed by atoms with Gasteiger partial charge in [0.1, 0.15) is 35.2 Å². The van der Waals surface area contributed by atoms with E-state index in [1.54, 1.807) is 6.20 Å². The number of furan rings is 1. The van der Waals surface area contributed by atoms with Crippen molar-refractivity contribution in [3.05, 3.63) is 60.5 Å². The normalized spacial score (nSPS) is 16.6. The molecule has 0 aliphatic heterocycles. The summed E-state index contributed by atoms with van der Waals surface area (Å²) in [7, 11) is 0. The number of hydrogen-bond acceptors (Lipinski definition) is 5. The van der Waals surface area contributed by atoms with Gasteiger partial charge in [-0.25, -0.2) is 0 Å². The van der Waals surface area contributed by atoms with Crippen molar-refractivity contribution in [3.8, 4) is 17.2 Å². The first-order chi connectivity index (χ1) is 15.7. The first-order valence-electron chi connectivity index (χ1n) is 11.7.